The van der Waals surface area contributed by atoms with Crippen molar-refractivity contribution >= 4 is 0 Å². The average molecular weight is 238 g/mol. The van der Waals surface area contributed by atoms with Crippen LogP contribution in [0.4, 0.5) is 0 Å². The molecular weight excluding hydrogens is 212 g/mol. The molecule has 1 unspecified atom stereocenters. The second-order valence-electron chi connectivity index (χ2n) is 5.44. The van der Waals surface area contributed by atoms with Gasteiger partial charge in [0.15, 0.2) is 0 Å². The lowest BCUT2D eigenvalue weighted by Gasteiger charge is -2.40. The molecule has 17 heavy (non-hydrogen) atoms. The van der Waals surface area contributed by atoms with E-state index in [9.17, 15) is 5.11 Å². The Morgan fingerprint density at radius 1 is 1.47 bits per heavy atom. The molecule has 0 amide bonds. The van der Waals surface area contributed by atoms with Crippen LogP contribution in [0.3, 0.4) is 0 Å². The van der Waals surface area contributed by atoms with Crippen molar-refractivity contribution in [2.45, 2.75) is 71.2 Å². The van der Waals surface area contributed by atoms with Crippen LogP contribution in [0, 0.1) is 0 Å². The molecule has 1 N–H and O–H groups in total. The quantitative estimate of drug-likeness (QED) is 0.758. The number of aliphatic hydroxyl groups is 1. The number of ether oxygens (including phenoxy) is 1. The third kappa shape index (κ3) is 4.64. The fraction of sp³-hybridized carbons (Fsp3) is 0.733. The van der Waals surface area contributed by atoms with Crippen LogP contribution in [0.15, 0.2) is 23.8 Å². The van der Waals surface area contributed by atoms with Crippen LogP contribution in [0.1, 0.15) is 53.4 Å². The van der Waals surface area contributed by atoms with Crippen LogP contribution in [0.25, 0.3) is 0 Å². The van der Waals surface area contributed by atoms with Crippen LogP contribution in [-0.4, -0.2) is 22.9 Å². The van der Waals surface area contributed by atoms with Crippen molar-refractivity contribution in [2.75, 3.05) is 0 Å². The molecule has 98 valence electrons. The Morgan fingerprint density at radius 2 is 2.18 bits per heavy atom. The molecule has 0 radical (unpaired) electrons. The van der Waals surface area contributed by atoms with E-state index in [0.29, 0.717) is 0 Å². The second-order valence-corrected chi connectivity index (χ2v) is 5.44. The van der Waals surface area contributed by atoms with Gasteiger partial charge in [0.05, 0.1) is 17.8 Å². The van der Waals surface area contributed by atoms with Gasteiger partial charge in [0.25, 0.3) is 0 Å². The van der Waals surface area contributed by atoms with E-state index in [1.165, 1.54) is 5.57 Å². The SMILES string of the molecule is CC=CCCC1O[C@@](C)(C=C(C)C)CC[C@H]1O. The minimum absolute atomic E-state index is 0.0273. The molecule has 1 aliphatic rings. The topological polar surface area (TPSA) is 29.5 Å². The van der Waals surface area contributed by atoms with Crippen LogP contribution in [-0.2, 0) is 4.74 Å². The van der Waals surface area contributed by atoms with Gasteiger partial charge in [0, 0.05) is 0 Å². The van der Waals surface area contributed by atoms with Crippen molar-refractivity contribution in [1.82, 2.24) is 0 Å². The van der Waals surface area contributed by atoms with E-state index in [0.717, 1.165) is 25.7 Å². The Bertz CT molecular complexity index is 289. The van der Waals surface area contributed by atoms with Crippen molar-refractivity contribution in [2.24, 2.45) is 0 Å². The summed E-state index contributed by atoms with van der Waals surface area (Å²) >= 11 is 0. The molecule has 2 heteroatoms. The Kier molecular flexibility index (Phi) is 5.41. The predicted molar refractivity (Wildman–Crippen MR) is 72.0 cm³/mol. The normalized spacial score (nSPS) is 33.9. The predicted octanol–water partition coefficient (Wildman–Crippen LogP) is 3.61. The summed E-state index contributed by atoms with van der Waals surface area (Å²) < 4.78 is 6.08. The first-order chi connectivity index (χ1) is 7.97. The van der Waals surface area contributed by atoms with E-state index in [1.807, 2.05) is 13.0 Å². The largest absolute Gasteiger partial charge is 0.390 e. The summed E-state index contributed by atoms with van der Waals surface area (Å²) in [7, 11) is 0. The van der Waals surface area contributed by atoms with Gasteiger partial charge in [-0.05, 0) is 53.4 Å². The molecule has 0 spiro atoms. The fourth-order valence-electron chi connectivity index (χ4n) is 2.50. The molecule has 1 rings (SSSR count). The van der Waals surface area contributed by atoms with E-state index >= 15 is 0 Å². The van der Waals surface area contributed by atoms with E-state index in [1.54, 1.807) is 0 Å². The highest BCUT2D eigenvalue weighted by atomic mass is 16.5. The van der Waals surface area contributed by atoms with Gasteiger partial charge in [-0.1, -0.05) is 23.8 Å². The minimum atomic E-state index is -0.307. The van der Waals surface area contributed by atoms with E-state index in [-0.39, 0.29) is 17.8 Å². The maximum atomic E-state index is 9.96. The summed E-state index contributed by atoms with van der Waals surface area (Å²) in [5.41, 5.74) is 1.08. The zero-order valence-corrected chi connectivity index (χ0v) is 11.6. The third-order valence-corrected chi connectivity index (χ3v) is 3.23. The zero-order chi connectivity index (χ0) is 12.9. The summed E-state index contributed by atoms with van der Waals surface area (Å²) in [5.74, 6) is 0. The van der Waals surface area contributed by atoms with Crippen LogP contribution < -0.4 is 0 Å². The number of hydrogen-bond acceptors (Lipinski definition) is 2. The molecule has 2 nitrogen and oxygen atoms in total. The monoisotopic (exact) mass is 238 g/mol. The average Bonchev–Trinajstić information content (AvgIpc) is 2.23. The first-order valence-corrected chi connectivity index (χ1v) is 6.60. The van der Waals surface area contributed by atoms with Gasteiger partial charge in [-0.2, -0.15) is 0 Å². The van der Waals surface area contributed by atoms with Crippen LogP contribution >= 0.6 is 0 Å². The van der Waals surface area contributed by atoms with Gasteiger partial charge in [0.1, 0.15) is 0 Å². The molecule has 1 fully saturated rings. The Hall–Kier alpha value is -0.600. The van der Waals surface area contributed by atoms with Gasteiger partial charge >= 0.3 is 0 Å². The second kappa shape index (κ2) is 6.36. The van der Waals surface area contributed by atoms with Crippen molar-refractivity contribution in [1.29, 1.82) is 0 Å². The lowest BCUT2D eigenvalue weighted by Crippen LogP contribution is -2.44. The van der Waals surface area contributed by atoms with E-state index in [2.05, 4.69) is 32.9 Å². The molecule has 1 saturated heterocycles. The van der Waals surface area contributed by atoms with Gasteiger partial charge < -0.3 is 9.84 Å². The summed E-state index contributed by atoms with van der Waals surface area (Å²) in [6.07, 6.45) is 9.63. The maximum Gasteiger partial charge on any atom is 0.0848 e. The lowest BCUT2D eigenvalue weighted by atomic mass is 9.88. The molecule has 0 aliphatic carbocycles. The Balaban J connectivity index is 2.61. The lowest BCUT2D eigenvalue weighted by molar-refractivity contribution is -0.147. The number of hydrogen-bond donors (Lipinski definition) is 1. The molecule has 1 aliphatic heterocycles. The minimum Gasteiger partial charge on any atom is -0.390 e. The molecule has 1 heterocycles. The van der Waals surface area contributed by atoms with Gasteiger partial charge in [-0.15, -0.1) is 0 Å². The smallest absolute Gasteiger partial charge is 0.0848 e. The summed E-state index contributed by atoms with van der Waals surface area (Å²) in [4.78, 5) is 0. The van der Waals surface area contributed by atoms with Gasteiger partial charge in [0.2, 0.25) is 0 Å². The number of allylic oxidation sites excluding steroid dienone is 3. The molecule has 0 aromatic heterocycles. The van der Waals surface area contributed by atoms with Gasteiger partial charge in [-0.3, -0.25) is 0 Å². The zero-order valence-electron chi connectivity index (χ0n) is 11.6. The van der Waals surface area contributed by atoms with E-state index < -0.39 is 0 Å². The molecule has 3 atom stereocenters. The van der Waals surface area contributed by atoms with Crippen molar-refractivity contribution in [3.05, 3.63) is 23.8 Å². The first kappa shape index (κ1) is 14.5. The highest BCUT2D eigenvalue weighted by molar-refractivity contribution is 5.08. The first-order valence-electron chi connectivity index (χ1n) is 6.60. The van der Waals surface area contributed by atoms with Crippen molar-refractivity contribution < 1.29 is 9.84 Å². The van der Waals surface area contributed by atoms with Crippen molar-refractivity contribution in [3.63, 3.8) is 0 Å². The molecule has 0 aromatic carbocycles. The Morgan fingerprint density at radius 3 is 2.76 bits per heavy atom. The summed E-state index contributed by atoms with van der Waals surface area (Å²) in [6, 6.07) is 0. The standard InChI is InChI=1S/C15H26O2/c1-5-6-7-8-14-13(16)9-10-15(4,17-14)11-12(2)3/h5-6,11,13-14,16H,7-10H2,1-4H3/t13-,14?,15-/m1/s1. The highest BCUT2D eigenvalue weighted by Gasteiger charge is 2.35. The maximum absolute atomic E-state index is 9.96. The molecule has 0 saturated carbocycles. The van der Waals surface area contributed by atoms with Gasteiger partial charge in [-0.25, -0.2) is 0 Å². The summed E-state index contributed by atoms with van der Waals surface area (Å²) in [6.45, 7) is 8.32. The number of aliphatic hydroxyl groups excluding tert-OH is 1. The van der Waals surface area contributed by atoms with E-state index in [4.69, 9.17) is 4.74 Å². The highest BCUT2D eigenvalue weighted by Crippen LogP contribution is 2.32. The van der Waals surface area contributed by atoms with Crippen LogP contribution in [0.2, 0.25) is 0 Å². The molecular formula is C15H26O2. The molecule has 0 bridgehead atoms. The Labute approximate surface area is 105 Å². The molecule has 0 aromatic rings. The number of rotatable bonds is 4. The summed E-state index contributed by atoms with van der Waals surface area (Å²) in [5, 5.41) is 9.96. The fourth-order valence-corrected chi connectivity index (χ4v) is 2.50. The van der Waals surface area contributed by atoms with Crippen LogP contribution in [0.5, 0.6) is 0 Å². The third-order valence-electron chi connectivity index (χ3n) is 3.23. The van der Waals surface area contributed by atoms with Crippen molar-refractivity contribution in [3.8, 4) is 0 Å².